The van der Waals surface area contributed by atoms with E-state index in [1.165, 1.54) is 39.1 Å². The van der Waals surface area contributed by atoms with Gasteiger partial charge >= 0.3 is 0 Å². The molecule has 0 radical (unpaired) electrons. The Morgan fingerprint density at radius 1 is 1.50 bits per heavy atom. The van der Waals surface area contributed by atoms with Gasteiger partial charge in [-0.2, -0.15) is 0 Å². The average Bonchev–Trinajstić information content (AvgIpc) is 2.58. The molecule has 0 amide bonds. The summed E-state index contributed by atoms with van der Waals surface area (Å²) >= 11 is 1.93. The third kappa shape index (κ3) is 1.60. The third-order valence-corrected chi connectivity index (χ3v) is 4.29. The van der Waals surface area contributed by atoms with Gasteiger partial charge in [0.2, 0.25) is 0 Å². The minimum absolute atomic E-state index is 0.912. The Kier molecular flexibility index (Phi) is 2.32. The van der Waals surface area contributed by atoms with Crippen LogP contribution in [0.2, 0.25) is 0 Å². The molecule has 1 aromatic rings. The zero-order chi connectivity index (χ0) is 9.38. The predicted molar refractivity (Wildman–Crippen MR) is 59.7 cm³/mol. The van der Waals surface area contributed by atoms with Gasteiger partial charge in [-0.1, -0.05) is 0 Å². The Bertz CT molecular complexity index is 317. The van der Waals surface area contributed by atoms with Gasteiger partial charge in [0.25, 0.3) is 0 Å². The fraction of sp³-hybridized carbons (Fsp3) is 0.636. The van der Waals surface area contributed by atoms with Crippen molar-refractivity contribution in [3.05, 3.63) is 21.9 Å². The summed E-state index contributed by atoms with van der Waals surface area (Å²) in [6.07, 6.45) is 1.27. The van der Waals surface area contributed by atoms with Crippen molar-refractivity contribution >= 4 is 11.3 Å². The number of rotatable bonds is 2. The van der Waals surface area contributed by atoms with E-state index in [2.05, 4.69) is 21.7 Å². The van der Waals surface area contributed by atoms with E-state index >= 15 is 0 Å². The second kappa shape index (κ2) is 3.65. The smallest absolute Gasteiger partial charge is 0.0245 e. The number of hydrogen-bond donors (Lipinski definition) is 1. The SMILES string of the molecule is c1cc2c(s1)CCN(CC1CNC1)C2. The van der Waals surface area contributed by atoms with Gasteiger partial charge in [0.1, 0.15) is 0 Å². The predicted octanol–water partition coefficient (Wildman–Crippen LogP) is 1.33. The molecule has 76 valence electrons. The molecule has 3 rings (SSSR count). The van der Waals surface area contributed by atoms with Crippen LogP contribution in [-0.4, -0.2) is 31.1 Å². The lowest BCUT2D eigenvalue weighted by Gasteiger charge is -2.35. The van der Waals surface area contributed by atoms with Crippen LogP contribution in [0.15, 0.2) is 11.4 Å². The van der Waals surface area contributed by atoms with Crippen LogP contribution in [-0.2, 0) is 13.0 Å². The van der Waals surface area contributed by atoms with Crippen LogP contribution in [0, 0.1) is 5.92 Å². The Hall–Kier alpha value is -0.380. The number of nitrogens with zero attached hydrogens (tertiary/aromatic N) is 1. The molecule has 14 heavy (non-hydrogen) atoms. The van der Waals surface area contributed by atoms with Crippen LogP contribution in [0.1, 0.15) is 10.4 Å². The van der Waals surface area contributed by atoms with Crippen LogP contribution in [0.3, 0.4) is 0 Å². The molecule has 2 nitrogen and oxygen atoms in total. The van der Waals surface area contributed by atoms with E-state index in [1.54, 1.807) is 10.4 Å². The highest BCUT2D eigenvalue weighted by Gasteiger charge is 2.23. The fourth-order valence-corrected chi connectivity index (χ4v) is 3.20. The Morgan fingerprint density at radius 3 is 3.21 bits per heavy atom. The van der Waals surface area contributed by atoms with E-state index in [4.69, 9.17) is 0 Å². The van der Waals surface area contributed by atoms with Gasteiger partial charge in [-0.3, -0.25) is 4.90 Å². The van der Waals surface area contributed by atoms with Crippen LogP contribution in [0.4, 0.5) is 0 Å². The molecule has 1 fully saturated rings. The van der Waals surface area contributed by atoms with Crippen LogP contribution in [0.5, 0.6) is 0 Å². The zero-order valence-electron chi connectivity index (χ0n) is 8.33. The summed E-state index contributed by atoms with van der Waals surface area (Å²) in [5.41, 5.74) is 1.58. The second-order valence-corrected chi connectivity index (χ2v) is 5.38. The number of fused-ring (bicyclic) bond motifs is 1. The number of nitrogens with one attached hydrogen (secondary N) is 1. The molecule has 3 heterocycles. The van der Waals surface area contributed by atoms with Crippen LogP contribution >= 0.6 is 11.3 Å². The Morgan fingerprint density at radius 2 is 2.43 bits per heavy atom. The Labute approximate surface area is 88.9 Å². The normalized spacial score (nSPS) is 23.1. The van der Waals surface area contributed by atoms with E-state index in [1.807, 2.05) is 11.3 Å². The van der Waals surface area contributed by atoms with Crippen molar-refractivity contribution in [1.29, 1.82) is 0 Å². The molecule has 1 aromatic heterocycles. The lowest BCUT2D eigenvalue weighted by molar-refractivity contribution is 0.181. The van der Waals surface area contributed by atoms with Gasteiger partial charge in [-0.15, -0.1) is 11.3 Å². The minimum Gasteiger partial charge on any atom is -0.316 e. The van der Waals surface area contributed by atoms with E-state index in [0.717, 1.165) is 5.92 Å². The zero-order valence-corrected chi connectivity index (χ0v) is 9.15. The molecule has 0 aliphatic carbocycles. The molecule has 3 heteroatoms. The van der Waals surface area contributed by atoms with Crippen molar-refractivity contribution in [3.63, 3.8) is 0 Å². The molecule has 1 N–H and O–H groups in total. The Balaban J connectivity index is 1.63. The van der Waals surface area contributed by atoms with Crippen LogP contribution < -0.4 is 5.32 Å². The molecule has 0 atom stereocenters. The van der Waals surface area contributed by atoms with Gasteiger partial charge in [-0.05, 0) is 29.3 Å². The first-order valence-electron chi connectivity index (χ1n) is 5.40. The summed E-state index contributed by atoms with van der Waals surface area (Å²) in [6.45, 7) is 6.21. The first kappa shape index (κ1) is 8.89. The number of hydrogen-bond acceptors (Lipinski definition) is 3. The maximum Gasteiger partial charge on any atom is 0.0245 e. The van der Waals surface area contributed by atoms with Gasteiger partial charge in [0.05, 0.1) is 0 Å². The van der Waals surface area contributed by atoms with E-state index in [9.17, 15) is 0 Å². The van der Waals surface area contributed by atoms with E-state index < -0.39 is 0 Å². The summed E-state index contributed by atoms with van der Waals surface area (Å²) in [7, 11) is 0. The van der Waals surface area contributed by atoms with Gasteiger partial charge < -0.3 is 5.32 Å². The maximum atomic E-state index is 3.34. The maximum absolute atomic E-state index is 3.34. The molecule has 0 saturated carbocycles. The highest BCUT2D eigenvalue weighted by Crippen LogP contribution is 2.24. The summed E-state index contributed by atoms with van der Waals surface area (Å²) in [5.74, 6) is 0.912. The summed E-state index contributed by atoms with van der Waals surface area (Å²) in [5, 5.41) is 5.58. The molecule has 2 aliphatic rings. The molecular weight excluding hydrogens is 192 g/mol. The molecule has 0 aromatic carbocycles. The third-order valence-electron chi connectivity index (χ3n) is 3.27. The van der Waals surface area contributed by atoms with E-state index in [0.29, 0.717) is 0 Å². The molecule has 0 bridgehead atoms. The molecular formula is C11H16N2S. The fourth-order valence-electron chi connectivity index (χ4n) is 2.31. The summed E-state index contributed by atoms with van der Waals surface area (Å²) in [4.78, 5) is 4.23. The number of thiophene rings is 1. The standard InChI is InChI=1S/C11H16N2S/c1-3-13(7-9-5-12-6-9)8-10-2-4-14-11(1)10/h2,4,9,12H,1,3,5-8H2. The quantitative estimate of drug-likeness (QED) is 0.788. The molecule has 1 saturated heterocycles. The van der Waals surface area contributed by atoms with Crippen LogP contribution in [0.25, 0.3) is 0 Å². The average molecular weight is 208 g/mol. The molecule has 0 spiro atoms. The summed E-state index contributed by atoms with van der Waals surface area (Å²) < 4.78 is 0. The van der Waals surface area contributed by atoms with Gasteiger partial charge in [-0.25, -0.2) is 0 Å². The first-order chi connectivity index (χ1) is 6.92. The van der Waals surface area contributed by atoms with Crippen molar-refractivity contribution < 1.29 is 0 Å². The first-order valence-corrected chi connectivity index (χ1v) is 6.28. The topological polar surface area (TPSA) is 15.3 Å². The largest absolute Gasteiger partial charge is 0.316 e. The summed E-state index contributed by atoms with van der Waals surface area (Å²) in [6, 6.07) is 2.30. The van der Waals surface area contributed by atoms with Crippen molar-refractivity contribution in [1.82, 2.24) is 10.2 Å². The monoisotopic (exact) mass is 208 g/mol. The molecule has 0 unspecified atom stereocenters. The lowest BCUT2D eigenvalue weighted by atomic mass is 10.0. The molecule has 2 aliphatic heterocycles. The lowest BCUT2D eigenvalue weighted by Crippen LogP contribution is -2.48. The van der Waals surface area contributed by atoms with Crippen molar-refractivity contribution in [2.45, 2.75) is 13.0 Å². The van der Waals surface area contributed by atoms with Gasteiger partial charge in [0.15, 0.2) is 0 Å². The van der Waals surface area contributed by atoms with Crippen molar-refractivity contribution in [3.8, 4) is 0 Å². The minimum atomic E-state index is 0.912. The second-order valence-electron chi connectivity index (χ2n) is 4.38. The van der Waals surface area contributed by atoms with Crippen molar-refractivity contribution in [2.24, 2.45) is 5.92 Å². The highest BCUT2D eigenvalue weighted by atomic mass is 32.1. The van der Waals surface area contributed by atoms with E-state index in [-0.39, 0.29) is 0 Å². The van der Waals surface area contributed by atoms with Gasteiger partial charge in [0, 0.05) is 37.6 Å². The highest BCUT2D eigenvalue weighted by molar-refractivity contribution is 7.10. The van der Waals surface area contributed by atoms with Crippen molar-refractivity contribution in [2.75, 3.05) is 26.2 Å².